The van der Waals surface area contributed by atoms with Crippen molar-refractivity contribution in [3.05, 3.63) is 29.8 Å². The number of hydrogen-bond acceptors (Lipinski definition) is 2. The third-order valence-corrected chi connectivity index (χ3v) is 2.54. The summed E-state index contributed by atoms with van der Waals surface area (Å²) < 4.78 is 5.37. The fourth-order valence-electron chi connectivity index (χ4n) is 1.62. The summed E-state index contributed by atoms with van der Waals surface area (Å²) >= 11 is 0. The van der Waals surface area contributed by atoms with Gasteiger partial charge in [-0.15, -0.1) is 0 Å². The molecule has 1 amide bonds. The van der Waals surface area contributed by atoms with Crippen LogP contribution < -0.4 is 4.74 Å². The van der Waals surface area contributed by atoms with Crippen LogP contribution in [0.1, 0.15) is 32.3 Å². The second kappa shape index (κ2) is 6.94. The van der Waals surface area contributed by atoms with E-state index in [4.69, 9.17) is 4.74 Å². The summed E-state index contributed by atoms with van der Waals surface area (Å²) in [6, 6.07) is 7.88. The van der Waals surface area contributed by atoms with Gasteiger partial charge in [0.2, 0.25) is 5.91 Å². The van der Waals surface area contributed by atoms with Gasteiger partial charge in [0, 0.05) is 20.0 Å². The van der Waals surface area contributed by atoms with Gasteiger partial charge in [-0.3, -0.25) is 4.79 Å². The minimum atomic E-state index is 0.196. The molecule has 0 aliphatic rings. The van der Waals surface area contributed by atoms with Gasteiger partial charge >= 0.3 is 0 Å². The van der Waals surface area contributed by atoms with Crippen molar-refractivity contribution in [2.45, 2.75) is 33.2 Å². The van der Waals surface area contributed by atoms with E-state index >= 15 is 0 Å². The first-order valence-electron chi connectivity index (χ1n) is 6.13. The van der Waals surface area contributed by atoms with Crippen molar-refractivity contribution in [2.24, 2.45) is 0 Å². The smallest absolute Gasteiger partial charge is 0.222 e. The predicted molar refractivity (Wildman–Crippen MR) is 69.0 cm³/mol. The molecule has 17 heavy (non-hydrogen) atoms. The first-order valence-corrected chi connectivity index (χ1v) is 6.13. The number of nitrogens with zero attached hydrogens (tertiary/aromatic N) is 1. The Bertz CT molecular complexity index is 346. The molecule has 0 aliphatic carbocycles. The highest BCUT2D eigenvalue weighted by Crippen LogP contribution is 2.13. The topological polar surface area (TPSA) is 29.5 Å². The zero-order valence-corrected chi connectivity index (χ0v) is 10.9. The molecular formula is C14H21NO2. The van der Waals surface area contributed by atoms with Crippen LogP contribution in [0.2, 0.25) is 0 Å². The van der Waals surface area contributed by atoms with Gasteiger partial charge in [-0.05, 0) is 31.0 Å². The monoisotopic (exact) mass is 235 g/mol. The Labute approximate surface area is 103 Å². The maximum absolute atomic E-state index is 11.6. The van der Waals surface area contributed by atoms with E-state index in [0.717, 1.165) is 17.7 Å². The van der Waals surface area contributed by atoms with E-state index in [-0.39, 0.29) is 5.91 Å². The molecule has 1 aromatic rings. The second-order valence-corrected chi connectivity index (χ2v) is 4.08. The average molecular weight is 235 g/mol. The zero-order chi connectivity index (χ0) is 12.7. The molecule has 0 atom stereocenters. The van der Waals surface area contributed by atoms with Crippen LogP contribution in [0.15, 0.2) is 24.3 Å². The lowest BCUT2D eigenvalue weighted by Crippen LogP contribution is -2.25. The molecule has 0 fully saturated rings. The first kappa shape index (κ1) is 13.6. The Balaban J connectivity index is 2.53. The van der Waals surface area contributed by atoms with Gasteiger partial charge in [-0.2, -0.15) is 0 Å². The van der Waals surface area contributed by atoms with Gasteiger partial charge < -0.3 is 9.64 Å². The summed E-state index contributed by atoms with van der Waals surface area (Å²) in [6.45, 7) is 5.31. The van der Waals surface area contributed by atoms with E-state index < -0.39 is 0 Å². The molecule has 0 saturated heterocycles. The number of amides is 1. The molecule has 0 bridgehead atoms. The highest BCUT2D eigenvalue weighted by molar-refractivity contribution is 5.75. The number of benzene rings is 1. The van der Waals surface area contributed by atoms with Gasteiger partial charge in [0.1, 0.15) is 5.75 Å². The molecule has 0 radical (unpaired) electrons. The Morgan fingerprint density at radius 2 is 1.88 bits per heavy atom. The number of hydrogen-bond donors (Lipinski definition) is 0. The summed E-state index contributed by atoms with van der Waals surface area (Å²) in [5, 5.41) is 0. The van der Waals surface area contributed by atoms with Crippen molar-refractivity contribution < 1.29 is 9.53 Å². The maximum atomic E-state index is 11.6. The van der Waals surface area contributed by atoms with Crippen LogP contribution in [-0.2, 0) is 11.3 Å². The standard InChI is InChI=1S/C14H21NO2/c1-4-6-14(16)15(3)11-12-7-9-13(10-8-12)17-5-2/h7-10H,4-6,11H2,1-3H3. The third kappa shape index (κ3) is 4.47. The summed E-state index contributed by atoms with van der Waals surface area (Å²) in [5.74, 6) is 1.07. The molecule has 1 aromatic carbocycles. The minimum Gasteiger partial charge on any atom is -0.494 e. The molecule has 0 aliphatic heterocycles. The van der Waals surface area contributed by atoms with E-state index in [1.54, 1.807) is 4.90 Å². The molecule has 0 aromatic heterocycles. The number of ether oxygens (including phenoxy) is 1. The molecular weight excluding hydrogens is 214 g/mol. The van der Waals surface area contributed by atoms with Crippen LogP contribution in [0.4, 0.5) is 0 Å². The van der Waals surface area contributed by atoms with Crippen molar-refractivity contribution in [1.29, 1.82) is 0 Å². The molecule has 0 saturated carbocycles. The Morgan fingerprint density at radius 3 is 2.41 bits per heavy atom. The predicted octanol–water partition coefficient (Wildman–Crippen LogP) is 2.84. The maximum Gasteiger partial charge on any atom is 0.222 e. The lowest BCUT2D eigenvalue weighted by Gasteiger charge is -2.17. The van der Waals surface area contributed by atoms with Gasteiger partial charge in [0.05, 0.1) is 6.61 Å². The molecule has 0 heterocycles. The zero-order valence-electron chi connectivity index (χ0n) is 10.9. The van der Waals surface area contributed by atoms with Crippen LogP contribution >= 0.6 is 0 Å². The summed E-state index contributed by atoms with van der Waals surface area (Å²) in [4.78, 5) is 13.4. The lowest BCUT2D eigenvalue weighted by molar-refractivity contribution is -0.130. The molecule has 0 unspecified atom stereocenters. The third-order valence-electron chi connectivity index (χ3n) is 2.54. The van der Waals surface area contributed by atoms with Crippen LogP contribution in [0.25, 0.3) is 0 Å². The molecule has 0 spiro atoms. The van der Waals surface area contributed by atoms with Crippen molar-refractivity contribution in [1.82, 2.24) is 4.90 Å². The summed E-state index contributed by atoms with van der Waals surface area (Å²) in [5.41, 5.74) is 1.13. The summed E-state index contributed by atoms with van der Waals surface area (Å²) in [7, 11) is 1.84. The van der Waals surface area contributed by atoms with E-state index in [1.807, 2.05) is 45.2 Å². The van der Waals surface area contributed by atoms with Gasteiger partial charge in [-0.25, -0.2) is 0 Å². The van der Waals surface area contributed by atoms with E-state index in [2.05, 4.69) is 0 Å². The van der Waals surface area contributed by atoms with Crippen LogP contribution in [0.5, 0.6) is 5.75 Å². The van der Waals surface area contributed by atoms with Gasteiger partial charge in [0.25, 0.3) is 0 Å². The summed E-state index contributed by atoms with van der Waals surface area (Å²) in [6.07, 6.45) is 1.51. The highest BCUT2D eigenvalue weighted by Gasteiger charge is 2.07. The Kier molecular flexibility index (Phi) is 5.53. The van der Waals surface area contributed by atoms with Crippen molar-refractivity contribution >= 4 is 5.91 Å². The second-order valence-electron chi connectivity index (χ2n) is 4.08. The van der Waals surface area contributed by atoms with E-state index in [9.17, 15) is 4.79 Å². The molecule has 3 heteroatoms. The van der Waals surface area contributed by atoms with Crippen LogP contribution in [0.3, 0.4) is 0 Å². The van der Waals surface area contributed by atoms with E-state index in [1.165, 1.54) is 0 Å². The van der Waals surface area contributed by atoms with Gasteiger partial charge in [-0.1, -0.05) is 19.1 Å². The normalized spacial score (nSPS) is 10.1. The number of carbonyl (C=O) groups excluding carboxylic acids is 1. The van der Waals surface area contributed by atoms with Crippen LogP contribution in [-0.4, -0.2) is 24.5 Å². The van der Waals surface area contributed by atoms with Crippen LogP contribution in [0, 0.1) is 0 Å². The minimum absolute atomic E-state index is 0.196. The van der Waals surface area contributed by atoms with Crippen molar-refractivity contribution in [3.8, 4) is 5.75 Å². The van der Waals surface area contributed by atoms with E-state index in [0.29, 0.717) is 19.6 Å². The first-order chi connectivity index (χ1) is 8.17. The SMILES string of the molecule is CCCC(=O)N(C)Cc1ccc(OCC)cc1. The average Bonchev–Trinajstić information content (AvgIpc) is 2.32. The number of rotatable bonds is 6. The van der Waals surface area contributed by atoms with Crippen molar-refractivity contribution in [2.75, 3.05) is 13.7 Å². The fraction of sp³-hybridized carbons (Fsp3) is 0.500. The Hall–Kier alpha value is -1.51. The molecule has 0 N–H and O–H groups in total. The van der Waals surface area contributed by atoms with Crippen molar-refractivity contribution in [3.63, 3.8) is 0 Å². The molecule has 3 nitrogen and oxygen atoms in total. The fourth-order valence-corrected chi connectivity index (χ4v) is 1.62. The quantitative estimate of drug-likeness (QED) is 0.758. The molecule has 1 rings (SSSR count). The highest BCUT2D eigenvalue weighted by atomic mass is 16.5. The van der Waals surface area contributed by atoms with Gasteiger partial charge in [0.15, 0.2) is 0 Å². The lowest BCUT2D eigenvalue weighted by atomic mass is 10.2. The Morgan fingerprint density at radius 1 is 1.24 bits per heavy atom. The largest absolute Gasteiger partial charge is 0.494 e. The molecule has 94 valence electrons. The number of carbonyl (C=O) groups is 1.